The van der Waals surface area contributed by atoms with Gasteiger partial charge in [-0.15, -0.1) is 0 Å². The highest BCUT2D eigenvalue weighted by atomic mass is 28.9. The maximum absolute atomic E-state index is 2.53. The first-order valence-electron chi connectivity index (χ1n) is 6.50. The van der Waals surface area contributed by atoms with Crippen LogP contribution in [-0.4, -0.2) is 15.8 Å². The molecule has 1 rings (SSSR count). The average Bonchev–Trinajstić information content (AvgIpc) is 1.94. The van der Waals surface area contributed by atoms with E-state index in [0.717, 1.165) is 0 Å². The van der Waals surface area contributed by atoms with Crippen molar-refractivity contribution in [2.24, 2.45) is 0 Å². The van der Waals surface area contributed by atoms with Crippen LogP contribution in [0.1, 0.15) is 69.2 Å². The van der Waals surface area contributed by atoms with Gasteiger partial charge in [0.25, 0.3) is 0 Å². The van der Waals surface area contributed by atoms with E-state index in [4.69, 9.17) is 0 Å². The summed E-state index contributed by atoms with van der Waals surface area (Å²) in [6.07, 6.45) is 0. The van der Waals surface area contributed by atoms with Crippen LogP contribution in [-0.2, 0) is 0 Å². The first-order valence-corrected chi connectivity index (χ1v) is 10.5. The molecule has 0 aromatic heterocycles. The molecule has 0 saturated carbocycles. The minimum absolute atomic E-state index is 0.240. The van der Waals surface area contributed by atoms with Gasteiger partial charge in [-0.1, -0.05) is 69.2 Å². The second-order valence-electron chi connectivity index (χ2n) is 8.50. The van der Waals surface area contributed by atoms with Crippen LogP contribution >= 0.6 is 0 Å². The minimum atomic E-state index is -0.240. The van der Waals surface area contributed by atoms with Gasteiger partial charge < -0.3 is 0 Å². The molecule has 0 N–H and O–H groups in total. The Labute approximate surface area is 105 Å². The molecule has 0 radical (unpaired) electrons. The predicted molar refractivity (Wildman–Crippen MR) is 79.0 cm³/mol. The SMILES string of the molecule is CC(C)(C)[Si]1=[Si](C(C)(C)C)C(C)(C)C1(C)C. The van der Waals surface area contributed by atoms with Crippen molar-refractivity contribution in [3.8, 4) is 0 Å². The van der Waals surface area contributed by atoms with E-state index in [-0.39, 0.29) is 15.8 Å². The van der Waals surface area contributed by atoms with Crippen LogP contribution in [0.15, 0.2) is 0 Å². The molecule has 2 heteroatoms. The van der Waals surface area contributed by atoms with E-state index >= 15 is 0 Å². The largest absolute Gasteiger partial charge is 0.0599 e. The fourth-order valence-corrected chi connectivity index (χ4v) is 21.6. The predicted octanol–water partition coefficient (Wildman–Crippen LogP) is 5.23. The van der Waals surface area contributed by atoms with Crippen molar-refractivity contribution in [2.45, 2.75) is 89.4 Å². The van der Waals surface area contributed by atoms with Crippen LogP contribution in [0.4, 0.5) is 0 Å². The van der Waals surface area contributed by atoms with Crippen LogP contribution in [0, 0.1) is 0 Å². The van der Waals surface area contributed by atoms with E-state index in [1.54, 1.807) is 0 Å². The van der Waals surface area contributed by atoms with E-state index in [1.807, 2.05) is 0 Å². The van der Waals surface area contributed by atoms with Crippen molar-refractivity contribution in [1.82, 2.24) is 0 Å². The molecule has 0 fully saturated rings. The zero-order valence-electron chi connectivity index (χ0n) is 13.0. The molecule has 1 aliphatic heterocycles. The standard InChI is InChI=1S/C14H30Si2/c1-11(2,3)15-13(7,8)14(9,10)16(15)12(4,5)6/h1-10H3. The summed E-state index contributed by atoms with van der Waals surface area (Å²) in [6.45, 7) is 25.0. The van der Waals surface area contributed by atoms with E-state index in [9.17, 15) is 0 Å². The van der Waals surface area contributed by atoms with E-state index < -0.39 is 0 Å². The molecule has 0 aromatic carbocycles. The van der Waals surface area contributed by atoms with Crippen molar-refractivity contribution in [3.05, 3.63) is 0 Å². The second kappa shape index (κ2) is 3.47. The maximum atomic E-state index is 2.53. The highest BCUT2D eigenvalue weighted by molar-refractivity contribution is 7.07. The Morgan fingerprint density at radius 1 is 0.562 bits per heavy atom. The van der Waals surface area contributed by atoms with Gasteiger partial charge in [0.2, 0.25) is 0 Å². The van der Waals surface area contributed by atoms with Crippen molar-refractivity contribution in [3.63, 3.8) is 0 Å². The fraction of sp³-hybridized carbons (Fsp3) is 1.00. The van der Waals surface area contributed by atoms with Crippen molar-refractivity contribution < 1.29 is 0 Å². The summed E-state index contributed by atoms with van der Waals surface area (Å²) in [5.74, 6) is 0. The molecule has 0 amide bonds. The summed E-state index contributed by atoms with van der Waals surface area (Å²) in [5, 5.41) is 2.31. The smallest absolute Gasteiger partial charge is 0.00128 e. The van der Waals surface area contributed by atoms with E-state index in [2.05, 4.69) is 69.2 Å². The lowest BCUT2D eigenvalue weighted by atomic mass is 9.97. The van der Waals surface area contributed by atoms with Crippen LogP contribution in [0.3, 0.4) is 0 Å². The normalized spacial score (nSPS) is 24.4. The van der Waals surface area contributed by atoms with Crippen molar-refractivity contribution in [1.29, 1.82) is 0 Å². The Balaban J connectivity index is 3.48. The van der Waals surface area contributed by atoms with Gasteiger partial charge in [0.05, 0.1) is 0 Å². The molecule has 1 aliphatic rings. The van der Waals surface area contributed by atoms with Crippen LogP contribution in [0.2, 0.25) is 20.2 Å². The molecule has 0 spiro atoms. The van der Waals surface area contributed by atoms with Gasteiger partial charge in [-0.25, -0.2) is 0 Å². The summed E-state index contributed by atoms with van der Waals surface area (Å²) in [6, 6.07) is 0. The molecule has 0 atom stereocenters. The molecule has 0 aromatic rings. The lowest BCUT2D eigenvalue weighted by Crippen LogP contribution is -2.59. The molecule has 16 heavy (non-hydrogen) atoms. The Morgan fingerprint density at radius 3 is 0.875 bits per heavy atom. The Morgan fingerprint density at radius 2 is 0.750 bits per heavy atom. The Bertz CT molecular complexity index is 299. The van der Waals surface area contributed by atoms with Crippen LogP contribution < -0.4 is 0 Å². The quantitative estimate of drug-likeness (QED) is 0.519. The molecule has 0 aliphatic carbocycles. The van der Waals surface area contributed by atoms with Gasteiger partial charge in [0.1, 0.15) is 0 Å². The molecular formula is C14H30Si2. The summed E-state index contributed by atoms with van der Waals surface area (Å²) in [4.78, 5) is 0. The van der Waals surface area contributed by atoms with E-state index in [0.29, 0.717) is 20.2 Å². The summed E-state index contributed by atoms with van der Waals surface area (Å²) < 4.78 is 0. The van der Waals surface area contributed by atoms with Crippen molar-refractivity contribution >= 4 is 15.8 Å². The highest BCUT2D eigenvalue weighted by Gasteiger charge is 2.58. The van der Waals surface area contributed by atoms with Gasteiger partial charge in [-0.05, 0) is 20.2 Å². The fourth-order valence-electron chi connectivity index (χ4n) is 3.81. The molecule has 1 heterocycles. The molecule has 94 valence electrons. The zero-order valence-corrected chi connectivity index (χ0v) is 15.0. The molecule has 0 unspecified atom stereocenters. The van der Waals surface area contributed by atoms with Gasteiger partial charge in [0, 0.05) is 15.8 Å². The maximum Gasteiger partial charge on any atom is 0.00128 e. The monoisotopic (exact) mass is 254 g/mol. The van der Waals surface area contributed by atoms with Crippen LogP contribution in [0.25, 0.3) is 0 Å². The van der Waals surface area contributed by atoms with Crippen molar-refractivity contribution in [2.75, 3.05) is 0 Å². The number of rotatable bonds is 0. The highest BCUT2D eigenvalue weighted by Crippen LogP contribution is 2.67. The molecule has 0 nitrogen and oxygen atoms in total. The van der Waals surface area contributed by atoms with Gasteiger partial charge >= 0.3 is 0 Å². The van der Waals surface area contributed by atoms with Crippen LogP contribution in [0.5, 0.6) is 0 Å². The lowest BCUT2D eigenvalue weighted by Gasteiger charge is -2.62. The zero-order chi connectivity index (χ0) is 13.2. The summed E-state index contributed by atoms with van der Waals surface area (Å²) in [7, 11) is -0.481. The number of hydrogen-bond acceptors (Lipinski definition) is 0. The minimum Gasteiger partial charge on any atom is -0.0599 e. The van der Waals surface area contributed by atoms with Gasteiger partial charge in [0.15, 0.2) is 0 Å². The Hall–Kier alpha value is 0.434. The first kappa shape index (κ1) is 14.5. The molecule has 0 bridgehead atoms. The first-order chi connectivity index (χ1) is 6.74. The van der Waals surface area contributed by atoms with Gasteiger partial charge in [-0.3, -0.25) is 0 Å². The van der Waals surface area contributed by atoms with E-state index in [1.165, 1.54) is 0 Å². The third-order valence-corrected chi connectivity index (χ3v) is 21.8. The second-order valence-corrected chi connectivity index (χ2v) is 18.5. The third kappa shape index (κ3) is 1.86. The number of hydrogen-bond donors (Lipinski definition) is 0. The summed E-state index contributed by atoms with van der Waals surface area (Å²) >= 11 is 0. The third-order valence-electron chi connectivity index (χ3n) is 4.56. The average molecular weight is 255 g/mol. The van der Waals surface area contributed by atoms with Gasteiger partial charge in [-0.2, -0.15) is 0 Å². The molecule has 0 saturated heterocycles. The Kier molecular flexibility index (Phi) is 3.14. The topological polar surface area (TPSA) is 0 Å². The lowest BCUT2D eigenvalue weighted by molar-refractivity contribution is 0.433. The summed E-state index contributed by atoms with van der Waals surface area (Å²) in [5.41, 5.74) is 0. The molecular weight excluding hydrogens is 224 g/mol.